The van der Waals surface area contributed by atoms with Crippen LogP contribution in [-0.2, 0) is 6.42 Å². The van der Waals surface area contributed by atoms with Crippen molar-refractivity contribution in [2.75, 3.05) is 6.61 Å². The van der Waals surface area contributed by atoms with Gasteiger partial charge in [0.15, 0.2) is 0 Å². The number of aliphatic hydroxyl groups excluding tert-OH is 1. The predicted octanol–water partition coefficient (Wildman–Crippen LogP) is 2.14. The van der Waals surface area contributed by atoms with Crippen molar-refractivity contribution in [2.24, 2.45) is 0 Å². The van der Waals surface area contributed by atoms with E-state index in [-0.39, 0.29) is 12.4 Å². The molecule has 0 saturated heterocycles. The molecule has 0 radical (unpaired) electrons. The van der Waals surface area contributed by atoms with E-state index in [4.69, 9.17) is 5.11 Å². The number of aromatic amines is 1. The molecule has 0 aliphatic rings. The number of nitrogens with one attached hydrogen (secondary N) is 1. The van der Waals surface area contributed by atoms with Gasteiger partial charge < -0.3 is 5.11 Å². The number of hydrogen-bond acceptors (Lipinski definition) is 2. The number of halogens is 1. The van der Waals surface area contributed by atoms with Gasteiger partial charge in [-0.3, -0.25) is 5.10 Å². The number of rotatable bonds is 4. The van der Waals surface area contributed by atoms with Crippen LogP contribution in [0, 0.1) is 5.82 Å². The molecule has 0 fully saturated rings. The second kappa shape index (κ2) is 4.90. The first-order chi connectivity index (χ1) is 7.81. The number of hydrogen-bond donors (Lipinski definition) is 2. The summed E-state index contributed by atoms with van der Waals surface area (Å²) in [6, 6.07) is 6.27. The monoisotopic (exact) mass is 220 g/mol. The maximum Gasteiger partial charge on any atom is 0.123 e. The predicted molar refractivity (Wildman–Crippen MR) is 59.4 cm³/mol. The molecule has 2 N–H and O–H groups in total. The van der Waals surface area contributed by atoms with Crippen molar-refractivity contribution >= 4 is 0 Å². The summed E-state index contributed by atoms with van der Waals surface area (Å²) in [5, 5.41) is 15.7. The molecule has 0 aliphatic heterocycles. The van der Waals surface area contributed by atoms with E-state index in [1.165, 1.54) is 12.1 Å². The van der Waals surface area contributed by atoms with Gasteiger partial charge in [0.25, 0.3) is 0 Å². The number of nitrogens with zero attached hydrogens (tertiary/aromatic N) is 1. The van der Waals surface area contributed by atoms with Crippen LogP contribution in [0.15, 0.2) is 30.5 Å². The third kappa shape index (κ3) is 2.28. The molecule has 0 aliphatic carbocycles. The summed E-state index contributed by atoms with van der Waals surface area (Å²) in [4.78, 5) is 0. The first kappa shape index (κ1) is 10.8. The highest BCUT2D eigenvalue weighted by Crippen LogP contribution is 2.22. The summed E-state index contributed by atoms with van der Waals surface area (Å²) in [6.07, 6.45) is 3.21. The second-order valence-corrected chi connectivity index (χ2v) is 3.60. The van der Waals surface area contributed by atoms with Gasteiger partial charge in [-0.15, -0.1) is 0 Å². The van der Waals surface area contributed by atoms with Crippen LogP contribution in [-0.4, -0.2) is 21.9 Å². The standard InChI is InChI=1S/C12H13FN2O/c13-11-5-3-9(4-6-11)12-10(2-1-7-16)8-14-15-12/h3-6,8,16H,1-2,7H2,(H,14,15). The van der Waals surface area contributed by atoms with E-state index in [9.17, 15) is 4.39 Å². The van der Waals surface area contributed by atoms with Gasteiger partial charge in [0.05, 0.1) is 11.9 Å². The first-order valence-electron chi connectivity index (χ1n) is 5.20. The van der Waals surface area contributed by atoms with Crippen LogP contribution in [0.1, 0.15) is 12.0 Å². The summed E-state index contributed by atoms with van der Waals surface area (Å²) in [5.74, 6) is -0.250. The Balaban J connectivity index is 2.26. The minimum atomic E-state index is -0.250. The van der Waals surface area contributed by atoms with Crippen LogP contribution in [0.3, 0.4) is 0 Å². The number of aromatic nitrogens is 2. The summed E-state index contributed by atoms with van der Waals surface area (Å²) in [5.41, 5.74) is 2.85. The van der Waals surface area contributed by atoms with Crippen molar-refractivity contribution in [2.45, 2.75) is 12.8 Å². The van der Waals surface area contributed by atoms with E-state index < -0.39 is 0 Å². The third-order valence-electron chi connectivity index (χ3n) is 2.45. The molecule has 84 valence electrons. The number of H-pyrrole nitrogens is 1. The molecule has 0 spiro atoms. The van der Waals surface area contributed by atoms with E-state index in [2.05, 4.69) is 10.2 Å². The lowest BCUT2D eigenvalue weighted by Gasteiger charge is -2.02. The van der Waals surface area contributed by atoms with E-state index in [1.54, 1.807) is 18.3 Å². The van der Waals surface area contributed by atoms with E-state index in [0.717, 1.165) is 23.2 Å². The molecule has 0 saturated carbocycles. The summed E-state index contributed by atoms with van der Waals surface area (Å²) in [7, 11) is 0. The highest BCUT2D eigenvalue weighted by molar-refractivity contribution is 5.62. The quantitative estimate of drug-likeness (QED) is 0.829. The van der Waals surface area contributed by atoms with Gasteiger partial charge in [0.2, 0.25) is 0 Å². The van der Waals surface area contributed by atoms with Crippen LogP contribution in [0.5, 0.6) is 0 Å². The molecular formula is C12H13FN2O. The zero-order valence-corrected chi connectivity index (χ0v) is 8.78. The van der Waals surface area contributed by atoms with Crippen LogP contribution in [0.25, 0.3) is 11.3 Å². The van der Waals surface area contributed by atoms with E-state index >= 15 is 0 Å². The fourth-order valence-electron chi connectivity index (χ4n) is 1.64. The molecule has 0 unspecified atom stereocenters. The maximum absolute atomic E-state index is 12.8. The molecule has 0 atom stereocenters. The fourth-order valence-corrected chi connectivity index (χ4v) is 1.64. The lowest BCUT2D eigenvalue weighted by Crippen LogP contribution is -1.90. The van der Waals surface area contributed by atoms with Crippen LogP contribution in [0.4, 0.5) is 4.39 Å². The van der Waals surface area contributed by atoms with Crippen LogP contribution < -0.4 is 0 Å². The highest BCUT2D eigenvalue weighted by atomic mass is 19.1. The topological polar surface area (TPSA) is 48.9 Å². The van der Waals surface area contributed by atoms with Crippen LogP contribution in [0.2, 0.25) is 0 Å². The average Bonchev–Trinajstić information content (AvgIpc) is 2.75. The van der Waals surface area contributed by atoms with Crippen molar-refractivity contribution in [3.63, 3.8) is 0 Å². The molecule has 3 nitrogen and oxygen atoms in total. The molecule has 1 aromatic carbocycles. The van der Waals surface area contributed by atoms with E-state index in [1.807, 2.05) is 0 Å². The normalized spacial score (nSPS) is 10.6. The third-order valence-corrected chi connectivity index (χ3v) is 2.45. The first-order valence-corrected chi connectivity index (χ1v) is 5.20. The van der Waals surface area contributed by atoms with Gasteiger partial charge in [-0.2, -0.15) is 5.10 Å². The van der Waals surface area contributed by atoms with Crippen molar-refractivity contribution in [1.82, 2.24) is 10.2 Å². The fraction of sp³-hybridized carbons (Fsp3) is 0.250. The largest absolute Gasteiger partial charge is 0.396 e. The molecular weight excluding hydrogens is 207 g/mol. The van der Waals surface area contributed by atoms with Crippen molar-refractivity contribution in [1.29, 1.82) is 0 Å². The smallest absolute Gasteiger partial charge is 0.123 e. The molecule has 16 heavy (non-hydrogen) atoms. The summed E-state index contributed by atoms with van der Waals surface area (Å²) < 4.78 is 12.8. The number of aryl methyl sites for hydroxylation is 1. The average molecular weight is 220 g/mol. The summed E-state index contributed by atoms with van der Waals surface area (Å²) in [6.45, 7) is 0.161. The van der Waals surface area contributed by atoms with Gasteiger partial charge in [0, 0.05) is 12.2 Å². The Hall–Kier alpha value is -1.68. The molecule has 4 heteroatoms. The molecule has 0 amide bonds. The van der Waals surface area contributed by atoms with Crippen molar-refractivity contribution < 1.29 is 9.50 Å². The molecule has 1 aromatic heterocycles. The van der Waals surface area contributed by atoms with Crippen molar-refractivity contribution in [3.05, 3.63) is 41.8 Å². The molecule has 2 rings (SSSR count). The minimum Gasteiger partial charge on any atom is -0.396 e. The van der Waals surface area contributed by atoms with Gasteiger partial charge in [-0.05, 0) is 42.7 Å². The summed E-state index contributed by atoms with van der Waals surface area (Å²) >= 11 is 0. The SMILES string of the molecule is OCCCc1cn[nH]c1-c1ccc(F)cc1. The Kier molecular flexibility index (Phi) is 3.31. The molecule has 2 aromatic rings. The van der Waals surface area contributed by atoms with Gasteiger partial charge in [-0.1, -0.05) is 0 Å². The maximum atomic E-state index is 12.8. The van der Waals surface area contributed by atoms with Gasteiger partial charge in [0.1, 0.15) is 5.82 Å². The minimum absolute atomic E-state index is 0.161. The zero-order valence-electron chi connectivity index (χ0n) is 8.78. The van der Waals surface area contributed by atoms with Crippen LogP contribution >= 0.6 is 0 Å². The zero-order chi connectivity index (χ0) is 11.4. The van der Waals surface area contributed by atoms with Crippen molar-refractivity contribution in [3.8, 4) is 11.3 Å². The van der Waals surface area contributed by atoms with Gasteiger partial charge in [-0.25, -0.2) is 4.39 Å². The second-order valence-electron chi connectivity index (χ2n) is 3.60. The Morgan fingerprint density at radius 3 is 2.69 bits per heavy atom. The Labute approximate surface area is 92.9 Å². The number of aliphatic hydroxyl groups is 1. The Morgan fingerprint density at radius 1 is 1.25 bits per heavy atom. The lowest BCUT2D eigenvalue weighted by atomic mass is 10.1. The van der Waals surface area contributed by atoms with E-state index in [0.29, 0.717) is 6.42 Å². The lowest BCUT2D eigenvalue weighted by molar-refractivity contribution is 0.288. The van der Waals surface area contributed by atoms with Gasteiger partial charge >= 0.3 is 0 Å². The molecule has 1 heterocycles. The highest BCUT2D eigenvalue weighted by Gasteiger charge is 2.07. The Morgan fingerprint density at radius 2 is 2.00 bits per heavy atom. The molecule has 0 bridgehead atoms. The Bertz CT molecular complexity index is 450. The number of benzene rings is 1.